The molecule has 1 fully saturated rings. The van der Waals surface area contributed by atoms with Gasteiger partial charge in [0.1, 0.15) is 0 Å². The zero-order valence-corrected chi connectivity index (χ0v) is 12.9. The molecule has 3 atom stereocenters. The number of thioether (sulfide) groups is 1. The predicted molar refractivity (Wildman–Crippen MR) is 82.5 cm³/mol. The van der Waals surface area contributed by atoms with Gasteiger partial charge in [-0.2, -0.15) is 11.8 Å². The van der Waals surface area contributed by atoms with Crippen molar-refractivity contribution in [3.05, 3.63) is 34.9 Å². The largest absolute Gasteiger partial charge is 0.306 e. The summed E-state index contributed by atoms with van der Waals surface area (Å²) in [5, 5.41) is 5.42. The van der Waals surface area contributed by atoms with Gasteiger partial charge in [-0.3, -0.25) is 0 Å². The molecule has 1 aromatic carbocycles. The molecular weight excluding hydrogens is 262 g/mol. The maximum Gasteiger partial charge on any atom is 0.0406 e. The lowest BCUT2D eigenvalue weighted by molar-refractivity contribution is 0.368. The molecule has 2 rings (SSSR count). The van der Waals surface area contributed by atoms with Gasteiger partial charge in [0.05, 0.1) is 0 Å². The van der Waals surface area contributed by atoms with Crippen molar-refractivity contribution in [1.29, 1.82) is 0 Å². The molecule has 0 amide bonds. The number of halogens is 1. The second kappa shape index (κ2) is 6.31. The van der Waals surface area contributed by atoms with Gasteiger partial charge in [0.2, 0.25) is 0 Å². The standard InChI is InChI=1S/C15H22ClNS/c1-10(2)15(12-4-6-13(16)7-5-12)17-14-8-11(3)18-9-14/h4-7,10-11,14-15,17H,8-9H2,1-3H3. The van der Waals surface area contributed by atoms with Crippen LogP contribution in [-0.4, -0.2) is 17.0 Å². The lowest BCUT2D eigenvalue weighted by atomic mass is 9.95. The topological polar surface area (TPSA) is 12.0 Å². The van der Waals surface area contributed by atoms with Crippen molar-refractivity contribution < 1.29 is 0 Å². The van der Waals surface area contributed by atoms with Crippen LogP contribution in [0.1, 0.15) is 38.8 Å². The summed E-state index contributed by atoms with van der Waals surface area (Å²) in [6, 6.07) is 9.34. The highest BCUT2D eigenvalue weighted by molar-refractivity contribution is 8.00. The molecule has 3 heteroatoms. The van der Waals surface area contributed by atoms with Crippen molar-refractivity contribution in [3.63, 3.8) is 0 Å². The Morgan fingerprint density at radius 2 is 1.94 bits per heavy atom. The second-order valence-electron chi connectivity index (χ2n) is 5.52. The van der Waals surface area contributed by atoms with Gasteiger partial charge in [-0.15, -0.1) is 0 Å². The van der Waals surface area contributed by atoms with Gasteiger partial charge in [0, 0.05) is 28.1 Å². The summed E-state index contributed by atoms with van der Waals surface area (Å²) in [6.45, 7) is 6.87. The van der Waals surface area contributed by atoms with Crippen molar-refractivity contribution in [1.82, 2.24) is 5.32 Å². The van der Waals surface area contributed by atoms with E-state index in [1.54, 1.807) is 0 Å². The minimum Gasteiger partial charge on any atom is -0.306 e. The first-order chi connectivity index (χ1) is 8.56. The summed E-state index contributed by atoms with van der Waals surface area (Å²) in [4.78, 5) is 0. The third kappa shape index (κ3) is 3.66. The second-order valence-corrected chi connectivity index (χ2v) is 7.42. The van der Waals surface area contributed by atoms with Crippen LogP contribution < -0.4 is 5.32 Å². The van der Waals surface area contributed by atoms with E-state index in [2.05, 4.69) is 50.0 Å². The molecule has 1 aliphatic heterocycles. The Balaban J connectivity index is 2.06. The minimum absolute atomic E-state index is 0.429. The van der Waals surface area contributed by atoms with E-state index in [9.17, 15) is 0 Å². The zero-order valence-electron chi connectivity index (χ0n) is 11.3. The lowest BCUT2D eigenvalue weighted by Gasteiger charge is -2.26. The van der Waals surface area contributed by atoms with Gasteiger partial charge < -0.3 is 5.32 Å². The Kier molecular flexibility index (Phi) is 4.99. The van der Waals surface area contributed by atoms with Crippen LogP contribution in [0.4, 0.5) is 0 Å². The first kappa shape index (κ1) is 14.2. The van der Waals surface area contributed by atoms with Crippen molar-refractivity contribution in [2.24, 2.45) is 5.92 Å². The third-order valence-corrected chi connectivity index (χ3v) is 5.12. The Morgan fingerprint density at radius 3 is 2.44 bits per heavy atom. The normalized spacial score (nSPS) is 25.6. The molecule has 1 saturated heterocycles. The van der Waals surface area contributed by atoms with Crippen LogP contribution >= 0.6 is 23.4 Å². The third-order valence-electron chi connectivity index (χ3n) is 3.51. The summed E-state index contributed by atoms with van der Waals surface area (Å²) in [5.41, 5.74) is 1.35. The summed E-state index contributed by atoms with van der Waals surface area (Å²) in [6.07, 6.45) is 1.28. The fourth-order valence-electron chi connectivity index (χ4n) is 2.53. The van der Waals surface area contributed by atoms with E-state index in [1.807, 2.05) is 12.1 Å². The van der Waals surface area contributed by atoms with E-state index in [0.29, 0.717) is 18.0 Å². The van der Waals surface area contributed by atoms with Crippen molar-refractivity contribution >= 4 is 23.4 Å². The van der Waals surface area contributed by atoms with Crippen LogP contribution in [-0.2, 0) is 0 Å². The number of rotatable bonds is 4. The van der Waals surface area contributed by atoms with Gasteiger partial charge in [-0.25, -0.2) is 0 Å². The van der Waals surface area contributed by atoms with Crippen LogP contribution in [0.5, 0.6) is 0 Å². The molecular formula is C15H22ClNS. The fraction of sp³-hybridized carbons (Fsp3) is 0.600. The average Bonchev–Trinajstić information content (AvgIpc) is 2.73. The van der Waals surface area contributed by atoms with E-state index in [1.165, 1.54) is 17.7 Å². The van der Waals surface area contributed by atoms with E-state index in [0.717, 1.165) is 10.3 Å². The number of benzene rings is 1. The van der Waals surface area contributed by atoms with Crippen LogP contribution in [0.15, 0.2) is 24.3 Å². The maximum atomic E-state index is 5.96. The molecule has 0 radical (unpaired) electrons. The molecule has 0 aliphatic carbocycles. The predicted octanol–water partition coefficient (Wildman–Crippen LogP) is 4.52. The Bertz CT molecular complexity index is 377. The molecule has 1 aromatic rings. The molecule has 1 heterocycles. The molecule has 0 spiro atoms. The van der Waals surface area contributed by atoms with Crippen molar-refractivity contribution in [3.8, 4) is 0 Å². The van der Waals surface area contributed by atoms with Gasteiger partial charge in [0.15, 0.2) is 0 Å². The first-order valence-electron chi connectivity index (χ1n) is 6.69. The average molecular weight is 284 g/mol. The highest BCUT2D eigenvalue weighted by Gasteiger charge is 2.26. The first-order valence-corrected chi connectivity index (χ1v) is 8.12. The SMILES string of the molecule is CC1CC(NC(c2ccc(Cl)cc2)C(C)C)CS1. The van der Waals surface area contributed by atoms with Crippen LogP contribution in [0.3, 0.4) is 0 Å². The molecule has 0 bridgehead atoms. The van der Waals surface area contributed by atoms with E-state index in [4.69, 9.17) is 11.6 Å². The summed E-state index contributed by atoms with van der Waals surface area (Å²) in [5.74, 6) is 1.82. The molecule has 0 saturated carbocycles. The Morgan fingerprint density at radius 1 is 1.28 bits per heavy atom. The summed E-state index contributed by atoms with van der Waals surface area (Å²) in [7, 11) is 0. The summed E-state index contributed by atoms with van der Waals surface area (Å²) < 4.78 is 0. The molecule has 100 valence electrons. The van der Waals surface area contributed by atoms with E-state index in [-0.39, 0.29) is 0 Å². The van der Waals surface area contributed by atoms with Crippen LogP contribution in [0.25, 0.3) is 0 Å². The summed E-state index contributed by atoms with van der Waals surface area (Å²) >= 11 is 8.03. The fourth-order valence-corrected chi connectivity index (χ4v) is 3.82. The highest BCUT2D eigenvalue weighted by Crippen LogP contribution is 2.30. The zero-order chi connectivity index (χ0) is 13.1. The minimum atomic E-state index is 0.429. The molecule has 0 aromatic heterocycles. The van der Waals surface area contributed by atoms with Gasteiger partial charge in [-0.05, 0) is 30.0 Å². The van der Waals surface area contributed by atoms with Gasteiger partial charge in [0.25, 0.3) is 0 Å². The van der Waals surface area contributed by atoms with Crippen molar-refractivity contribution in [2.45, 2.75) is 44.5 Å². The molecule has 1 nitrogen and oxygen atoms in total. The molecule has 1 N–H and O–H groups in total. The lowest BCUT2D eigenvalue weighted by Crippen LogP contribution is -2.35. The number of hydrogen-bond acceptors (Lipinski definition) is 2. The maximum absolute atomic E-state index is 5.96. The molecule has 18 heavy (non-hydrogen) atoms. The van der Waals surface area contributed by atoms with E-state index >= 15 is 0 Å². The van der Waals surface area contributed by atoms with Crippen LogP contribution in [0, 0.1) is 5.92 Å². The van der Waals surface area contributed by atoms with Crippen molar-refractivity contribution in [2.75, 3.05) is 5.75 Å². The molecule has 3 unspecified atom stereocenters. The smallest absolute Gasteiger partial charge is 0.0406 e. The Hall–Kier alpha value is -0.180. The quantitative estimate of drug-likeness (QED) is 0.872. The van der Waals surface area contributed by atoms with Gasteiger partial charge in [-0.1, -0.05) is 44.5 Å². The molecule has 1 aliphatic rings. The number of hydrogen-bond donors (Lipinski definition) is 1. The van der Waals surface area contributed by atoms with E-state index < -0.39 is 0 Å². The highest BCUT2D eigenvalue weighted by atomic mass is 35.5. The van der Waals surface area contributed by atoms with Gasteiger partial charge >= 0.3 is 0 Å². The van der Waals surface area contributed by atoms with Crippen LogP contribution in [0.2, 0.25) is 5.02 Å². The Labute approximate surface area is 120 Å². The number of nitrogens with one attached hydrogen (secondary N) is 1. The monoisotopic (exact) mass is 283 g/mol.